The van der Waals surface area contributed by atoms with Crippen LogP contribution < -0.4 is 4.90 Å². The highest BCUT2D eigenvalue weighted by Crippen LogP contribution is 2.50. The van der Waals surface area contributed by atoms with Crippen molar-refractivity contribution in [3.05, 3.63) is 276 Å². The largest absolute Gasteiger partial charge is 0.311 e. The normalized spacial score (nSPS) is 12.9. The summed E-state index contributed by atoms with van der Waals surface area (Å²) in [4.78, 5) is 2.40. The van der Waals surface area contributed by atoms with E-state index in [0.717, 1.165) is 22.7 Å². The van der Waals surface area contributed by atoms with Gasteiger partial charge in [-0.25, -0.2) is 0 Å². The minimum atomic E-state index is 0.201. The van der Waals surface area contributed by atoms with Crippen LogP contribution in [0.3, 0.4) is 0 Å². The molecule has 0 N–H and O–H groups in total. The molecule has 0 bridgehead atoms. The molecule has 0 saturated heterocycles. The predicted molar refractivity (Wildman–Crippen MR) is 267 cm³/mol. The fraction of sp³-hybridized carbons (Fsp3) is 0.0323. The average molecular weight is 815 g/mol. The van der Waals surface area contributed by atoms with Crippen LogP contribution in [0.1, 0.15) is 45.2 Å². The van der Waals surface area contributed by atoms with E-state index in [0.29, 0.717) is 0 Å². The van der Waals surface area contributed by atoms with Gasteiger partial charge in [0.25, 0.3) is 0 Å². The van der Waals surface area contributed by atoms with Gasteiger partial charge in [0.2, 0.25) is 0 Å². The van der Waals surface area contributed by atoms with Gasteiger partial charge in [-0.3, -0.25) is 0 Å². The van der Waals surface area contributed by atoms with Gasteiger partial charge in [-0.2, -0.15) is 0 Å². The van der Waals surface area contributed by atoms with Crippen LogP contribution in [0.2, 0.25) is 0 Å². The number of nitrogens with zero attached hydrogens (tertiary/aromatic N) is 2. The molecule has 300 valence electrons. The SMILES string of the molecule is c1ccc2c(c1)-c1ccccc1C2c1ccc(N(c2ccc(-c3ccc(-n4c5ccccc5c5ccccc54)cc3)cc2)c2ccc(C3c4ccccc4-c4ccccc43)cc2)cc1. The van der Waals surface area contributed by atoms with Gasteiger partial charge >= 0.3 is 0 Å². The molecule has 1 aromatic heterocycles. The van der Waals surface area contributed by atoms with Gasteiger partial charge in [0.05, 0.1) is 11.0 Å². The van der Waals surface area contributed by atoms with E-state index in [4.69, 9.17) is 0 Å². The minimum absolute atomic E-state index is 0.201. The van der Waals surface area contributed by atoms with Gasteiger partial charge in [-0.05, 0) is 127 Å². The summed E-state index contributed by atoms with van der Waals surface area (Å²) in [6, 6.07) is 89.5. The van der Waals surface area contributed by atoms with Gasteiger partial charge in [-0.1, -0.05) is 182 Å². The zero-order chi connectivity index (χ0) is 42.1. The van der Waals surface area contributed by atoms with Crippen molar-refractivity contribution in [3.8, 4) is 39.1 Å². The third-order valence-electron chi connectivity index (χ3n) is 13.8. The summed E-state index contributed by atoms with van der Waals surface area (Å²) in [7, 11) is 0. The molecule has 2 heteroatoms. The molecule has 2 aliphatic carbocycles. The topological polar surface area (TPSA) is 8.17 Å². The highest BCUT2D eigenvalue weighted by molar-refractivity contribution is 6.09. The first-order chi connectivity index (χ1) is 31.8. The quantitative estimate of drug-likeness (QED) is 0.156. The number of anilines is 3. The van der Waals surface area contributed by atoms with E-state index in [1.165, 1.54) is 88.6 Å². The lowest BCUT2D eigenvalue weighted by atomic mass is 9.89. The molecule has 0 amide bonds. The Labute approximate surface area is 373 Å². The van der Waals surface area contributed by atoms with E-state index in [1.807, 2.05) is 0 Å². The molecule has 10 aromatic carbocycles. The molecular weight excluding hydrogens is 773 g/mol. The van der Waals surface area contributed by atoms with Crippen molar-refractivity contribution in [2.24, 2.45) is 0 Å². The summed E-state index contributed by atoms with van der Waals surface area (Å²) < 4.78 is 2.38. The Kier molecular flexibility index (Phi) is 8.39. The number of hydrogen-bond donors (Lipinski definition) is 0. The smallest absolute Gasteiger partial charge is 0.0541 e. The van der Waals surface area contributed by atoms with Crippen LogP contribution in [-0.2, 0) is 0 Å². The molecule has 2 aliphatic rings. The Balaban J connectivity index is 0.868. The van der Waals surface area contributed by atoms with Crippen molar-refractivity contribution in [1.82, 2.24) is 4.57 Å². The highest BCUT2D eigenvalue weighted by Gasteiger charge is 2.31. The minimum Gasteiger partial charge on any atom is -0.311 e. The van der Waals surface area contributed by atoms with Gasteiger partial charge < -0.3 is 9.47 Å². The zero-order valence-electron chi connectivity index (χ0n) is 35.1. The van der Waals surface area contributed by atoms with Crippen LogP contribution in [0, 0.1) is 0 Å². The molecule has 0 aliphatic heterocycles. The highest BCUT2D eigenvalue weighted by atomic mass is 15.1. The Hall–Kier alpha value is -8.20. The first-order valence-corrected chi connectivity index (χ1v) is 22.3. The van der Waals surface area contributed by atoms with E-state index in [9.17, 15) is 0 Å². The van der Waals surface area contributed by atoms with Crippen molar-refractivity contribution in [2.45, 2.75) is 11.8 Å². The zero-order valence-corrected chi connectivity index (χ0v) is 35.1. The van der Waals surface area contributed by atoms with Crippen LogP contribution in [0.5, 0.6) is 0 Å². The van der Waals surface area contributed by atoms with Crippen LogP contribution in [-0.4, -0.2) is 4.57 Å². The molecule has 11 aromatic rings. The van der Waals surface area contributed by atoms with E-state index in [-0.39, 0.29) is 11.8 Å². The molecule has 64 heavy (non-hydrogen) atoms. The lowest BCUT2D eigenvalue weighted by molar-refractivity contribution is 1.01. The third kappa shape index (κ3) is 5.73. The van der Waals surface area contributed by atoms with Crippen LogP contribution >= 0.6 is 0 Å². The van der Waals surface area contributed by atoms with Crippen LogP contribution in [0.15, 0.2) is 243 Å². The molecule has 0 saturated carbocycles. The van der Waals surface area contributed by atoms with Gasteiger partial charge in [0, 0.05) is 45.4 Å². The third-order valence-corrected chi connectivity index (χ3v) is 13.8. The maximum absolute atomic E-state index is 2.40. The fourth-order valence-electron chi connectivity index (χ4n) is 10.9. The molecular formula is C62H42N2. The van der Waals surface area contributed by atoms with Crippen LogP contribution in [0.4, 0.5) is 17.1 Å². The second kappa shape index (κ2) is 14.7. The molecule has 0 atom stereocenters. The van der Waals surface area contributed by atoms with Gasteiger partial charge in [0.15, 0.2) is 0 Å². The number of benzene rings is 10. The molecule has 0 unspecified atom stereocenters. The maximum Gasteiger partial charge on any atom is 0.0541 e. The van der Waals surface area contributed by atoms with E-state index in [2.05, 4.69) is 252 Å². The Morgan fingerprint density at radius 1 is 0.281 bits per heavy atom. The number of hydrogen-bond acceptors (Lipinski definition) is 1. The molecule has 1 heterocycles. The van der Waals surface area contributed by atoms with Gasteiger partial charge in [-0.15, -0.1) is 0 Å². The van der Waals surface area contributed by atoms with Crippen molar-refractivity contribution < 1.29 is 0 Å². The van der Waals surface area contributed by atoms with Crippen molar-refractivity contribution in [3.63, 3.8) is 0 Å². The Morgan fingerprint density at radius 3 is 0.984 bits per heavy atom. The molecule has 0 fully saturated rings. The second-order valence-electron chi connectivity index (χ2n) is 17.2. The van der Waals surface area contributed by atoms with Crippen LogP contribution in [0.25, 0.3) is 60.9 Å². The number of para-hydroxylation sites is 2. The first-order valence-electron chi connectivity index (χ1n) is 22.3. The maximum atomic E-state index is 2.40. The summed E-state index contributed by atoms with van der Waals surface area (Å²) >= 11 is 0. The number of fused-ring (bicyclic) bond motifs is 9. The number of aromatic nitrogens is 1. The summed E-state index contributed by atoms with van der Waals surface area (Å²) in [5.41, 5.74) is 22.8. The fourth-order valence-corrected chi connectivity index (χ4v) is 10.9. The standard InChI is InChI=1S/C62H42N2/c1-5-19-55-49(13-1)50-14-2-6-20-56(50)61(55)43-29-37-46(38-30-43)63(47-39-31-44(32-40-47)62-57-21-7-3-15-51(57)52-16-4-8-22-58(52)62)45-33-25-41(26-34-45)42-27-35-48(36-28-42)64-59-23-11-9-17-53(59)54-18-10-12-24-60(54)64/h1-40,61-62H. The summed E-state index contributed by atoms with van der Waals surface area (Å²) in [6.07, 6.45) is 0. The number of rotatable bonds is 7. The van der Waals surface area contributed by atoms with E-state index >= 15 is 0 Å². The van der Waals surface area contributed by atoms with Gasteiger partial charge in [0.1, 0.15) is 0 Å². The van der Waals surface area contributed by atoms with E-state index < -0.39 is 0 Å². The Morgan fingerprint density at radius 2 is 0.594 bits per heavy atom. The first kappa shape index (κ1) is 36.5. The predicted octanol–water partition coefficient (Wildman–Crippen LogP) is 16.2. The molecule has 0 radical (unpaired) electrons. The molecule has 0 spiro atoms. The lowest BCUT2D eigenvalue weighted by Crippen LogP contribution is -2.11. The second-order valence-corrected chi connectivity index (χ2v) is 17.2. The van der Waals surface area contributed by atoms with Crippen molar-refractivity contribution in [1.29, 1.82) is 0 Å². The summed E-state index contributed by atoms with van der Waals surface area (Å²) in [5.74, 6) is 0.402. The Bertz CT molecular complexity index is 3260. The summed E-state index contributed by atoms with van der Waals surface area (Å²) in [5, 5.41) is 2.55. The lowest BCUT2D eigenvalue weighted by Gasteiger charge is -2.27. The summed E-state index contributed by atoms with van der Waals surface area (Å²) in [6.45, 7) is 0. The molecule has 13 rings (SSSR count). The van der Waals surface area contributed by atoms with E-state index in [1.54, 1.807) is 0 Å². The van der Waals surface area contributed by atoms with Crippen molar-refractivity contribution >= 4 is 38.9 Å². The monoisotopic (exact) mass is 814 g/mol. The van der Waals surface area contributed by atoms with Crippen molar-refractivity contribution in [2.75, 3.05) is 4.90 Å². The average Bonchev–Trinajstić information content (AvgIpc) is 4.01. The molecule has 2 nitrogen and oxygen atoms in total.